The van der Waals surface area contributed by atoms with Gasteiger partial charge in [0, 0.05) is 44.1 Å². The number of rotatable bonds is 6. The number of likely N-dealkylation sites (tertiary alicyclic amines) is 1. The quantitative estimate of drug-likeness (QED) is 0.744. The van der Waals surface area contributed by atoms with Gasteiger partial charge in [-0.1, -0.05) is 30.3 Å². The molecule has 0 radical (unpaired) electrons. The highest BCUT2D eigenvalue weighted by Gasteiger charge is 2.24. The van der Waals surface area contributed by atoms with Crippen LogP contribution in [0, 0.1) is 11.8 Å². The van der Waals surface area contributed by atoms with E-state index in [1.807, 2.05) is 4.90 Å². The second-order valence-corrected chi connectivity index (χ2v) is 8.17. The maximum absolute atomic E-state index is 12.9. The maximum atomic E-state index is 12.9. The molecule has 0 bridgehead atoms. The molecular weight excluding hydrogens is 364 g/mol. The fourth-order valence-electron chi connectivity index (χ4n) is 4.21. The number of nitrogens with zero attached hydrogens (tertiary/aromatic N) is 2. The lowest BCUT2D eigenvalue weighted by atomic mass is 9.90. The van der Waals surface area contributed by atoms with Crippen LogP contribution in [0.5, 0.6) is 5.88 Å². The summed E-state index contributed by atoms with van der Waals surface area (Å²) in [6.45, 7) is 3.88. The minimum Gasteiger partial charge on any atom is -0.477 e. The predicted molar refractivity (Wildman–Crippen MR) is 112 cm³/mol. The number of piperidine rings is 1. The van der Waals surface area contributed by atoms with Gasteiger partial charge in [-0.15, -0.1) is 0 Å². The van der Waals surface area contributed by atoms with Gasteiger partial charge in [-0.3, -0.25) is 4.79 Å². The summed E-state index contributed by atoms with van der Waals surface area (Å²) >= 11 is 0. The third-order valence-electron chi connectivity index (χ3n) is 6.06. The molecule has 0 atom stereocenters. The van der Waals surface area contributed by atoms with Crippen molar-refractivity contribution in [2.24, 2.45) is 11.8 Å². The molecule has 2 saturated heterocycles. The summed E-state index contributed by atoms with van der Waals surface area (Å²) in [7, 11) is 0. The molecule has 29 heavy (non-hydrogen) atoms. The van der Waals surface area contributed by atoms with Gasteiger partial charge >= 0.3 is 0 Å². The average Bonchev–Trinajstić information content (AvgIpc) is 2.79. The molecule has 2 fully saturated rings. The van der Waals surface area contributed by atoms with E-state index in [1.54, 1.807) is 18.3 Å². The van der Waals surface area contributed by atoms with E-state index in [4.69, 9.17) is 9.47 Å². The molecule has 0 unspecified atom stereocenters. The Kier molecular flexibility index (Phi) is 6.78. The minimum atomic E-state index is 0.0847. The summed E-state index contributed by atoms with van der Waals surface area (Å²) < 4.78 is 11.3. The van der Waals surface area contributed by atoms with Crippen LogP contribution in [0.2, 0.25) is 0 Å². The smallest absolute Gasteiger partial charge is 0.254 e. The van der Waals surface area contributed by atoms with Crippen LogP contribution in [-0.2, 0) is 11.2 Å². The first kappa shape index (κ1) is 19.9. The molecule has 154 valence electrons. The van der Waals surface area contributed by atoms with Crippen molar-refractivity contribution in [3.05, 3.63) is 59.8 Å². The van der Waals surface area contributed by atoms with E-state index in [1.165, 1.54) is 5.56 Å². The Labute approximate surface area is 173 Å². The van der Waals surface area contributed by atoms with Gasteiger partial charge in [0.25, 0.3) is 5.91 Å². The molecule has 4 rings (SSSR count). The van der Waals surface area contributed by atoms with Crippen molar-refractivity contribution in [2.75, 3.05) is 32.9 Å². The second kappa shape index (κ2) is 9.88. The highest BCUT2D eigenvalue weighted by Crippen LogP contribution is 2.24. The van der Waals surface area contributed by atoms with Gasteiger partial charge in [0.1, 0.15) is 0 Å². The van der Waals surface area contributed by atoms with E-state index in [0.717, 1.165) is 58.4 Å². The number of amides is 1. The van der Waals surface area contributed by atoms with Crippen LogP contribution in [0.4, 0.5) is 0 Å². The summed E-state index contributed by atoms with van der Waals surface area (Å²) in [6.07, 6.45) is 6.93. The zero-order valence-corrected chi connectivity index (χ0v) is 17.0. The zero-order valence-electron chi connectivity index (χ0n) is 17.0. The van der Waals surface area contributed by atoms with Gasteiger partial charge in [0.15, 0.2) is 0 Å². The number of pyridine rings is 1. The van der Waals surface area contributed by atoms with Gasteiger partial charge in [-0.2, -0.15) is 0 Å². The molecule has 1 aromatic carbocycles. The third kappa shape index (κ3) is 5.57. The molecule has 5 nitrogen and oxygen atoms in total. The molecule has 0 saturated carbocycles. The molecule has 3 heterocycles. The minimum absolute atomic E-state index is 0.0847. The molecule has 2 aliphatic rings. The maximum Gasteiger partial charge on any atom is 0.254 e. The molecular formula is C24H30N2O3. The topological polar surface area (TPSA) is 51.7 Å². The van der Waals surface area contributed by atoms with Crippen LogP contribution in [0.25, 0.3) is 0 Å². The monoisotopic (exact) mass is 394 g/mol. The molecule has 0 aliphatic carbocycles. The Morgan fingerprint density at radius 2 is 1.79 bits per heavy atom. The summed E-state index contributed by atoms with van der Waals surface area (Å²) in [4.78, 5) is 19.2. The van der Waals surface area contributed by atoms with E-state index in [2.05, 4.69) is 35.3 Å². The van der Waals surface area contributed by atoms with E-state index in [9.17, 15) is 4.79 Å². The molecule has 1 aromatic heterocycles. The molecule has 0 N–H and O–H groups in total. The number of carbonyl (C=O) groups excluding carboxylic acids is 1. The van der Waals surface area contributed by atoms with Gasteiger partial charge in [-0.05, 0) is 55.6 Å². The van der Waals surface area contributed by atoms with Crippen LogP contribution in [0.15, 0.2) is 48.7 Å². The van der Waals surface area contributed by atoms with E-state index in [0.29, 0.717) is 29.9 Å². The number of benzene rings is 1. The van der Waals surface area contributed by atoms with Crippen LogP contribution in [0.3, 0.4) is 0 Å². The van der Waals surface area contributed by atoms with Crippen molar-refractivity contribution in [1.82, 2.24) is 9.88 Å². The van der Waals surface area contributed by atoms with E-state index >= 15 is 0 Å². The Balaban J connectivity index is 1.28. The van der Waals surface area contributed by atoms with Crippen molar-refractivity contribution in [3.63, 3.8) is 0 Å². The standard InChI is InChI=1S/C24H30N2O3/c27-24(26-12-7-20(8-13-26)16-19-4-2-1-3-5-19)22-6-11-25-23(17-22)29-18-21-9-14-28-15-10-21/h1-6,11,17,20-21H,7-10,12-16,18H2. The Hall–Kier alpha value is -2.40. The second-order valence-electron chi connectivity index (χ2n) is 8.17. The van der Waals surface area contributed by atoms with E-state index in [-0.39, 0.29) is 5.91 Å². The van der Waals surface area contributed by atoms with Crippen LogP contribution in [0.1, 0.15) is 41.6 Å². The van der Waals surface area contributed by atoms with Gasteiger partial charge < -0.3 is 14.4 Å². The van der Waals surface area contributed by atoms with Gasteiger partial charge in [-0.25, -0.2) is 4.98 Å². The SMILES string of the molecule is O=C(c1ccnc(OCC2CCOCC2)c1)N1CCC(Cc2ccccc2)CC1. The highest BCUT2D eigenvalue weighted by molar-refractivity contribution is 5.94. The zero-order chi connectivity index (χ0) is 19.9. The molecule has 0 spiro atoms. The predicted octanol–water partition coefficient (Wildman–Crippen LogP) is 3.98. The molecule has 1 amide bonds. The first-order chi connectivity index (χ1) is 14.3. The van der Waals surface area contributed by atoms with Crippen LogP contribution in [-0.4, -0.2) is 48.7 Å². The third-order valence-corrected chi connectivity index (χ3v) is 6.06. The lowest BCUT2D eigenvalue weighted by molar-refractivity contribution is 0.0490. The fraction of sp³-hybridized carbons (Fsp3) is 0.500. The van der Waals surface area contributed by atoms with E-state index < -0.39 is 0 Å². The average molecular weight is 395 g/mol. The van der Waals surface area contributed by atoms with Crippen molar-refractivity contribution < 1.29 is 14.3 Å². The van der Waals surface area contributed by atoms with Crippen molar-refractivity contribution >= 4 is 5.91 Å². The van der Waals surface area contributed by atoms with Crippen LogP contribution >= 0.6 is 0 Å². The lowest BCUT2D eigenvalue weighted by Crippen LogP contribution is -2.38. The van der Waals surface area contributed by atoms with Crippen molar-refractivity contribution in [2.45, 2.75) is 32.1 Å². The molecule has 2 aromatic rings. The Bertz CT molecular complexity index is 782. The summed E-state index contributed by atoms with van der Waals surface area (Å²) in [5.74, 6) is 1.79. The summed E-state index contributed by atoms with van der Waals surface area (Å²) in [6, 6.07) is 14.2. The number of aromatic nitrogens is 1. The van der Waals surface area contributed by atoms with Crippen LogP contribution < -0.4 is 4.74 Å². The summed E-state index contributed by atoms with van der Waals surface area (Å²) in [5.41, 5.74) is 2.06. The number of ether oxygens (including phenoxy) is 2. The molecule has 2 aliphatic heterocycles. The number of carbonyl (C=O) groups is 1. The first-order valence-corrected chi connectivity index (χ1v) is 10.8. The normalized spacial score (nSPS) is 18.6. The Morgan fingerprint density at radius 1 is 1.03 bits per heavy atom. The Morgan fingerprint density at radius 3 is 2.55 bits per heavy atom. The number of hydrogen-bond donors (Lipinski definition) is 0. The highest BCUT2D eigenvalue weighted by atomic mass is 16.5. The fourth-order valence-corrected chi connectivity index (χ4v) is 4.21. The van der Waals surface area contributed by atoms with Crippen molar-refractivity contribution in [3.8, 4) is 5.88 Å². The lowest BCUT2D eigenvalue weighted by Gasteiger charge is -2.32. The van der Waals surface area contributed by atoms with Gasteiger partial charge in [0.05, 0.1) is 6.61 Å². The van der Waals surface area contributed by atoms with Crippen molar-refractivity contribution in [1.29, 1.82) is 0 Å². The number of hydrogen-bond acceptors (Lipinski definition) is 4. The summed E-state index contributed by atoms with van der Waals surface area (Å²) in [5, 5.41) is 0. The first-order valence-electron chi connectivity index (χ1n) is 10.8. The molecule has 5 heteroatoms. The largest absolute Gasteiger partial charge is 0.477 e. The van der Waals surface area contributed by atoms with Gasteiger partial charge in [0.2, 0.25) is 5.88 Å².